The monoisotopic (exact) mass is 321 g/mol. The minimum Gasteiger partial charge on any atom is -0.495 e. The van der Waals surface area contributed by atoms with Gasteiger partial charge in [0.15, 0.2) is 9.84 Å². The predicted molar refractivity (Wildman–Crippen MR) is 82.0 cm³/mol. The fraction of sp³-hybridized carbons (Fsp3) is 0.538. The molecule has 0 aliphatic heterocycles. The summed E-state index contributed by atoms with van der Waals surface area (Å²) in [6.07, 6.45) is 0.625. The molecule has 7 heteroatoms. The Morgan fingerprint density at radius 1 is 1.15 bits per heavy atom. The van der Waals surface area contributed by atoms with Gasteiger partial charge in [0.1, 0.15) is 11.5 Å². The second-order valence-electron chi connectivity index (χ2n) is 4.27. The Balaban J connectivity index is 2.77. The molecule has 0 saturated carbocycles. The van der Waals surface area contributed by atoms with Crippen molar-refractivity contribution >= 4 is 27.1 Å². The number of rotatable bonds is 8. The van der Waals surface area contributed by atoms with Crippen molar-refractivity contribution < 1.29 is 17.9 Å². The number of hydrogen-bond donors (Lipinski definition) is 1. The average Bonchev–Trinajstić information content (AvgIpc) is 2.39. The molecule has 0 fully saturated rings. The van der Waals surface area contributed by atoms with E-state index in [-0.39, 0.29) is 11.5 Å². The van der Waals surface area contributed by atoms with Crippen molar-refractivity contribution in [3.63, 3.8) is 0 Å². The van der Waals surface area contributed by atoms with Crippen LogP contribution in [-0.4, -0.2) is 40.7 Å². The molecular weight excluding hydrogens is 302 g/mol. The largest absolute Gasteiger partial charge is 0.495 e. The van der Waals surface area contributed by atoms with Crippen LogP contribution < -0.4 is 14.8 Å². The van der Waals surface area contributed by atoms with Gasteiger partial charge in [0.25, 0.3) is 0 Å². The van der Waals surface area contributed by atoms with E-state index < -0.39 is 9.84 Å². The number of ether oxygens (including phenoxy) is 2. The van der Waals surface area contributed by atoms with Crippen LogP contribution in [0.15, 0.2) is 12.1 Å². The highest BCUT2D eigenvalue weighted by molar-refractivity contribution is 7.91. The van der Waals surface area contributed by atoms with Crippen LogP contribution in [0.3, 0.4) is 0 Å². The highest BCUT2D eigenvalue weighted by Gasteiger charge is 2.12. The molecule has 0 heterocycles. The summed E-state index contributed by atoms with van der Waals surface area (Å²) >= 11 is 6.00. The molecule has 1 aromatic carbocycles. The van der Waals surface area contributed by atoms with Gasteiger partial charge in [-0.05, 0) is 6.42 Å². The summed E-state index contributed by atoms with van der Waals surface area (Å²) in [5.74, 6) is 1.33. The fourth-order valence-corrected chi connectivity index (χ4v) is 3.22. The molecule has 0 bridgehead atoms. The highest BCUT2D eigenvalue weighted by atomic mass is 35.5. The maximum Gasteiger partial charge on any atom is 0.152 e. The minimum atomic E-state index is -3.01. The van der Waals surface area contributed by atoms with Gasteiger partial charge >= 0.3 is 0 Å². The van der Waals surface area contributed by atoms with Gasteiger partial charge in [-0.3, -0.25) is 0 Å². The molecule has 0 radical (unpaired) electrons. The highest BCUT2D eigenvalue weighted by Crippen LogP contribution is 2.35. The lowest BCUT2D eigenvalue weighted by molar-refractivity contribution is 0.405. The van der Waals surface area contributed by atoms with E-state index in [9.17, 15) is 8.42 Å². The molecule has 1 N–H and O–H groups in total. The third-order valence-electron chi connectivity index (χ3n) is 2.72. The Bertz CT molecular complexity index is 546. The summed E-state index contributed by atoms with van der Waals surface area (Å²) in [4.78, 5) is 0. The van der Waals surface area contributed by atoms with Crippen molar-refractivity contribution in [2.45, 2.75) is 13.3 Å². The Labute approximate surface area is 125 Å². The standard InChI is InChI=1S/C13H20ClNO4S/c1-4-6-20(16,17)7-5-15-11-9-12(18-2)10(14)8-13(11)19-3/h8-9,15H,4-7H2,1-3H3. The van der Waals surface area contributed by atoms with Crippen molar-refractivity contribution in [1.82, 2.24) is 0 Å². The number of anilines is 1. The Morgan fingerprint density at radius 2 is 1.80 bits per heavy atom. The van der Waals surface area contributed by atoms with Gasteiger partial charge in [-0.2, -0.15) is 0 Å². The third kappa shape index (κ3) is 4.76. The van der Waals surface area contributed by atoms with E-state index in [2.05, 4.69) is 5.32 Å². The van der Waals surface area contributed by atoms with Crippen LogP contribution in [0.2, 0.25) is 5.02 Å². The van der Waals surface area contributed by atoms with Crippen LogP contribution in [0.25, 0.3) is 0 Å². The molecule has 0 atom stereocenters. The summed E-state index contributed by atoms with van der Waals surface area (Å²) in [5, 5.41) is 3.48. The van der Waals surface area contributed by atoms with Gasteiger partial charge < -0.3 is 14.8 Å². The van der Waals surface area contributed by atoms with Crippen LogP contribution >= 0.6 is 11.6 Å². The molecule has 0 aliphatic carbocycles. The summed E-state index contributed by atoms with van der Waals surface area (Å²) in [5.41, 5.74) is 0.653. The second-order valence-corrected chi connectivity index (χ2v) is 6.98. The molecule has 114 valence electrons. The summed E-state index contributed by atoms with van der Waals surface area (Å²) < 4.78 is 33.6. The first-order chi connectivity index (χ1) is 9.43. The predicted octanol–water partition coefficient (Wildman–Crippen LogP) is 2.59. The van der Waals surface area contributed by atoms with Crippen LogP contribution in [0.1, 0.15) is 13.3 Å². The quantitative estimate of drug-likeness (QED) is 0.797. The van der Waals surface area contributed by atoms with Gasteiger partial charge in [-0.1, -0.05) is 18.5 Å². The van der Waals surface area contributed by atoms with E-state index in [0.29, 0.717) is 35.2 Å². The SMILES string of the molecule is CCCS(=O)(=O)CCNc1cc(OC)c(Cl)cc1OC. The molecular formula is C13H20ClNO4S. The van der Waals surface area contributed by atoms with Crippen molar-refractivity contribution in [2.24, 2.45) is 0 Å². The summed E-state index contributed by atoms with van der Waals surface area (Å²) in [7, 11) is 0.0361. The van der Waals surface area contributed by atoms with E-state index in [1.807, 2.05) is 6.92 Å². The lowest BCUT2D eigenvalue weighted by atomic mass is 10.2. The van der Waals surface area contributed by atoms with Gasteiger partial charge in [0.2, 0.25) is 0 Å². The first kappa shape index (κ1) is 16.9. The molecule has 0 saturated heterocycles. The summed E-state index contributed by atoms with van der Waals surface area (Å²) in [6.45, 7) is 2.15. The number of benzene rings is 1. The lowest BCUT2D eigenvalue weighted by Gasteiger charge is -2.14. The first-order valence-electron chi connectivity index (χ1n) is 6.29. The number of hydrogen-bond acceptors (Lipinski definition) is 5. The number of methoxy groups -OCH3 is 2. The first-order valence-corrected chi connectivity index (χ1v) is 8.49. The van der Waals surface area contributed by atoms with E-state index in [4.69, 9.17) is 21.1 Å². The Morgan fingerprint density at radius 3 is 2.35 bits per heavy atom. The van der Waals surface area contributed by atoms with Gasteiger partial charge in [0, 0.05) is 24.4 Å². The smallest absolute Gasteiger partial charge is 0.152 e. The van der Waals surface area contributed by atoms with Crippen molar-refractivity contribution in [3.05, 3.63) is 17.2 Å². The maximum absolute atomic E-state index is 11.6. The lowest BCUT2D eigenvalue weighted by Crippen LogP contribution is -2.18. The zero-order valence-electron chi connectivity index (χ0n) is 11.9. The topological polar surface area (TPSA) is 64.6 Å². The van der Waals surface area contributed by atoms with Gasteiger partial charge in [0.05, 0.1) is 30.7 Å². The Kier molecular flexibility index (Phi) is 6.42. The van der Waals surface area contributed by atoms with E-state index in [1.54, 1.807) is 12.1 Å². The van der Waals surface area contributed by atoms with Crippen molar-refractivity contribution in [3.8, 4) is 11.5 Å². The summed E-state index contributed by atoms with van der Waals surface area (Å²) in [6, 6.07) is 3.32. The molecule has 1 rings (SSSR count). The zero-order valence-corrected chi connectivity index (χ0v) is 13.5. The second kappa shape index (κ2) is 7.59. The molecule has 0 amide bonds. The van der Waals surface area contributed by atoms with E-state index in [0.717, 1.165) is 0 Å². The maximum atomic E-state index is 11.6. The number of sulfone groups is 1. The van der Waals surface area contributed by atoms with E-state index in [1.165, 1.54) is 14.2 Å². The molecule has 0 aromatic heterocycles. The average molecular weight is 322 g/mol. The minimum absolute atomic E-state index is 0.0783. The van der Waals surface area contributed by atoms with Crippen LogP contribution in [0, 0.1) is 0 Å². The molecule has 5 nitrogen and oxygen atoms in total. The molecule has 0 aliphatic rings. The fourth-order valence-electron chi connectivity index (χ4n) is 1.75. The zero-order chi connectivity index (χ0) is 15.2. The Hall–Kier alpha value is -1.14. The number of halogens is 1. The van der Waals surface area contributed by atoms with Crippen molar-refractivity contribution in [1.29, 1.82) is 0 Å². The van der Waals surface area contributed by atoms with E-state index >= 15 is 0 Å². The van der Waals surface area contributed by atoms with Crippen LogP contribution in [0.5, 0.6) is 11.5 Å². The molecule has 1 aromatic rings. The van der Waals surface area contributed by atoms with Gasteiger partial charge in [-0.15, -0.1) is 0 Å². The van der Waals surface area contributed by atoms with Crippen LogP contribution in [0.4, 0.5) is 5.69 Å². The molecule has 0 unspecified atom stereocenters. The van der Waals surface area contributed by atoms with Gasteiger partial charge in [-0.25, -0.2) is 8.42 Å². The normalized spacial score (nSPS) is 11.2. The third-order valence-corrected chi connectivity index (χ3v) is 4.87. The van der Waals surface area contributed by atoms with Crippen LogP contribution in [-0.2, 0) is 9.84 Å². The molecule has 20 heavy (non-hydrogen) atoms. The van der Waals surface area contributed by atoms with Crippen molar-refractivity contribution in [2.75, 3.05) is 37.6 Å². The molecule has 0 spiro atoms. The number of nitrogens with one attached hydrogen (secondary N) is 1.